The van der Waals surface area contributed by atoms with Crippen molar-refractivity contribution in [3.63, 3.8) is 0 Å². The van der Waals surface area contributed by atoms with Gasteiger partial charge in [0.25, 0.3) is 0 Å². The normalized spacial score (nSPS) is 18.6. The molecule has 1 aliphatic heterocycles. The SMILES string of the molecule is Cc1noc2c1-c1ccc(Cl)cc1C(Cl)=NC21CC1. The van der Waals surface area contributed by atoms with Gasteiger partial charge in [0.2, 0.25) is 0 Å². The van der Waals surface area contributed by atoms with Crippen LogP contribution in [-0.4, -0.2) is 10.3 Å². The van der Waals surface area contributed by atoms with Gasteiger partial charge in [-0.15, -0.1) is 0 Å². The Bertz CT molecular complexity index is 729. The van der Waals surface area contributed by atoms with Crippen LogP contribution in [-0.2, 0) is 5.54 Å². The zero-order chi connectivity index (χ0) is 13.2. The highest BCUT2D eigenvalue weighted by Gasteiger charge is 2.51. The number of aryl methyl sites for hydroxylation is 1. The number of benzene rings is 1. The van der Waals surface area contributed by atoms with Crippen molar-refractivity contribution in [3.8, 4) is 11.1 Å². The van der Waals surface area contributed by atoms with Crippen molar-refractivity contribution in [3.05, 3.63) is 40.2 Å². The van der Waals surface area contributed by atoms with Gasteiger partial charge in [-0.2, -0.15) is 0 Å². The van der Waals surface area contributed by atoms with Crippen LogP contribution in [0.15, 0.2) is 27.7 Å². The average Bonchev–Trinajstić information content (AvgIpc) is 3.06. The molecular formula is C14H10Cl2N2O. The molecule has 0 atom stereocenters. The maximum atomic E-state index is 6.38. The third kappa shape index (κ3) is 1.52. The first-order valence-corrected chi connectivity index (χ1v) is 6.89. The fourth-order valence-electron chi connectivity index (χ4n) is 2.67. The number of rotatable bonds is 0. The van der Waals surface area contributed by atoms with E-state index < -0.39 is 0 Å². The molecule has 4 rings (SSSR count). The average molecular weight is 293 g/mol. The molecule has 19 heavy (non-hydrogen) atoms. The number of aliphatic imine (C=N–C) groups is 1. The molecule has 1 aromatic heterocycles. The zero-order valence-corrected chi connectivity index (χ0v) is 11.7. The summed E-state index contributed by atoms with van der Waals surface area (Å²) in [6.07, 6.45) is 1.90. The van der Waals surface area contributed by atoms with Crippen LogP contribution in [0, 0.1) is 6.92 Å². The highest BCUT2D eigenvalue weighted by molar-refractivity contribution is 6.70. The molecule has 5 heteroatoms. The maximum absolute atomic E-state index is 6.38. The van der Waals surface area contributed by atoms with E-state index in [1.165, 1.54) is 0 Å². The van der Waals surface area contributed by atoms with Gasteiger partial charge < -0.3 is 4.52 Å². The second-order valence-electron chi connectivity index (χ2n) is 5.10. The quantitative estimate of drug-likeness (QED) is 0.726. The standard InChI is InChI=1S/C14H10Cl2N2O/c1-7-11-9-3-2-8(15)6-10(9)13(16)17-14(4-5-14)12(11)19-18-7/h2-3,6H,4-5H2,1H3. The lowest BCUT2D eigenvalue weighted by Crippen LogP contribution is -2.02. The molecule has 0 unspecified atom stereocenters. The van der Waals surface area contributed by atoms with E-state index in [0.29, 0.717) is 10.2 Å². The highest BCUT2D eigenvalue weighted by Crippen LogP contribution is 2.55. The lowest BCUT2D eigenvalue weighted by atomic mass is 9.97. The molecule has 2 aliphatic rings. The van der Waals surface area contributed by atoms with Crippen LogP contribution in [0.4, 0.5) is 0 Å². The lowest BCUT2D eigenvalue weighted by molar-refractivity contribution is 0.354. The largest absolute Gasteiger partial charge is 0.358 e. The summed E-state index contributed by atoms with van der Waals surface area (Å²) >= 11 is 12.4. The second kappa shape index (κ2) is 3.62. The summed E-state index contributed by atoms with van der Waals surface area (Å²) < 4.78 is 5.53. The molecule has 1 saturated carbocycles. The minimum Gasteiger partial charge on any atom is -0.358 e. The smallest absolute Gasteiger partial charge is 0.172 e. The molecule has 2 aromatic rings. The van der Waals surface area contributed by atoms with Crippen molar-refractivity contribution in [1.82, 2.24) is 5.16 Å². The van der Waals surface area contributed by atoms with Crippen LogP contribution in [0.2, 0.25) is 5.02 Å². The summed E-state index contributed by atoms with van der Waals surface area (Å²) in [6.45, 7) is 1.94. The van der Waals surface area contributed by atoms with Gasteiger partial charge in [0.15, 0.2) is 5.76 Å². The van der Waals surface area contributed by atoms with E-state index in [2.05, 4.69) is 10.1 Å². The monoisotopic (exact) mass is 292 g/mol. The number of fused-ring (bicyclic) bond motifs is 4. The number of aromatic nitrogens is 1. The van der Waals surface area contributed by atoms with Crippen LogP contribution in [0.3, 0.4) is 0 Å². The van der Waals surface area contributed by atoms with Crippen molar-refractivity contribution < 1.29 is 4.52 Å². The first-order valence-electron chi connectivity index (χ1n) is 6.13. The molecule has 1 aliphatic carbocycles. The molecule has 2 heterocycles. The molecular weight excluding hydrogens is 283 g/mol. The van der Waals surface area contributed by atoms with Crippen molar-refractivity contribution >= 4 is 28.4 Å². The summed E-state index contributed by atoms with van der Waals surface area (Å²) in [5, 5.41) is 5.25. The predicted molar refractivity (Wildman–Crippen MR) is 75.0 cm³/mol. The number of hydrogen-bond donors (Lipinski definition) is 0. The third-order valence-corrected chi connectivity index (χ3v) is 4.32. The third-order valence-electron chi connectivity index (χ3n) is 3.79. The van der Waals surface area contributed by atoms with E-state index in [0.717, 1.165) is 41.0 Å². The van der Waals surface area contributed by atoms with Gasteiger partial charge in [0.1, 0.15) is 10.7 Å². The molecule has 0 bridgehead atoms. The first kappa shape index (κ1) is 11.5. The van der Waals surface area contributed by atoms with E-state index in [1.54, 1.807) is 0 Å². The van der Waals surface area contributed by atoms with E-state index in [1.807, 2.05) is 25.1 Å². The Kier molecular flexibility index (Phi) is 2.19. The van der Waals surface area contributed by atoms with Crippen LogP contribution in [0.1, 0.15) is 29.9 Å². The molecule has 1 aromatic carbocycles. The summed E-state index contributed by atoms with van der Waals surface area (Å²) in [5.74, 6) is 0.837. The van der Waals surface area contributed by atoms with Crippen LogP contribution in [0.5, 0.6) is 0 Å². The summed E-state index contributed by atoms with van der Waals surface area (Å²) in [6, 6.07) is 5.66. The van der Waals surface area contributed by atoms with Gasteiger partial charge in [0.05, 0.1) is 11.3 Å². The summed E-state index contributed by atoms with van der Waals surface area (Å²) in [4.78, 5) is 4.65. The first-order chi connectivity index (χ1) is 9.11. The Balaban J connectivity index is 2.11. The van der Waals surface area contributed by atoms with Crippen molar-refractivity contribution in [2.24, 2.45) is 4.99 Å². The van der Waals surface area contributed by atoms with Gasteiger partial charge in [-0.1, -0.05) is 34.4 Å². The van der Waals surface area contributed by atoms with Gasteiger partial charge in [0, 0.05) is 10.6 Å². The van der Waals surface area contributed by atoms with Gasteiger partial charge in [-0.3, -0.25) is 4.99 Å². The van der Waals surface area contributed by atoms with E-state index in [9.17, 15) is 0 Å². The van der Waals surface area contributed by atoms with E-state index in [4.69, 9.17) is 27.7 Å². The van der Waals surface area contributed by atoms with Gasteiger partial charge >= 0.3 is 0 Å². The molecule has 1 fully saturated rings. The topological polar surface area (TPSA) is 38.4 Å². The van der Waals surface area contributed by atoms with E-state index in [-0.39, 0.29) is 5.54 Å². The maximum Gasteiger partial charge on any atom is 0.172 e. The highest BCUT2D eigenvalue weighted by atomic mass is 35.5. The van der Waals surface area contributed by atoms with Crippen molar-refractivity contribution in [2.75, 3.05) is 0 Å². The predicted octanol–water partition coefficient (Wildman–Crippen LogP) is 4.29. The Hall–Kier alpha value is -1.32. The molecule has 96 valence electrons. The van der Waals surface area contributed by atoms with Crippen LogP contribution >= 0.6 is 23.2 Å². The number of hydrogen-bond acceptors (Lipinski definition) is 3. The minimum atomic E-state index is -0.306. The molecule has 0 radical (unpaired) electrons. The van der Waals surface area contributed by atoms with Gasteiger partial charge in [-0.25, -0.2) is 0 Å². The fraction of sp³-hybridized carbons (Fsp3) is 0.286. The molecule has 0 amide bonds. The minimum absolute atomic E-state index is 0.306. The number of halogens is 2. The molecule has 1 spiro atoms. The summed E-state index contributed by atoms with van der Waals surface area (Å²) in [5.41, 5.74) is 3.43. The number of nitrogens with zero attached hydrogens (tertiary/aromatic N) is 2. The fourth-order valence-corrected chi connectivity index (χ4v) is 3.16. The molecule has 0 saturated heterocycles. The Morgan fingerprint density at radius 1 is 1.21 bits per heavy atom. The lowest BCUT2D eigenvalue weighted by Gasteiger charge is -2.06. The Labute approximate surface area is 120 Å². The molecule has 0 N–H and O–H groups in total. The summed E-state index contributed by atoms with van der Waals surface area (Å²) in [7, 11) is 0. The van der Waals surface area contributed by atoms with E-state index >= 15 is 0 Å². The molecule has 3 nitrogen and oxygen atoms in total. The van der Waals surface area contributed by atoms with Crippen molar-refractivity contribution in [1.29, 1.82) is 0 Å². The van der Waals surface area contributed by atoms with Crippen LogP contribution < -0.4 is 0 Å². The second-order valence-corrected chi connectivity index (χ2v) is 5.89. The Morgan fingerprint density at radius 2 is 2.00 bits per heavy atom. The van der Waals surface area contributed by atoms with Crippen molar-refractivity contribution in [2.45, 2.75) is 25.3 Å². The van der Waals surface area contributed by atoms with Crippen LogP contribution in [0.25, 0.3) is 11.1 Å². The Morgan fingerprint density at radius 3 is 2.74 bits per heavy atom. The van der Waals surface area contributed by atoms with Gasteiger partial charge in [-0.05, 0) is 37.5 Å². The zero-order valence-electron chi connectivity index (χ0n) is 10.2.